The van der Waals surface area contributed by atoms with E-state index in [-0.39, 0.29) is 11.9 Å². The van der Waals surface area contributed by atoms with Crippen LogP contribution in [0, 0.1) is 5.82 Å². The lowest BCUT2D eigenvalue weighted by Gasteiger charge is -2.29. The topological polar surface area (TPSA) is 108 Å². The van der Waals surface area contributed by atoms with E-state index in [4.69, 9.17) is 20.2 Å². The van der Waals surface area contributed by atoms with Crippen LogP contribution in [-0.4, -0.2) is 63.2 Å². The Kier molecular flexibility index (Phi) is 7.32. The second-order valence-corrected chi connectivity index (χ2v) is 9.13. The standard InChI is InChI=1S/C20H15FN4O2.C8H14N2O/c1-26-18-5-4-17-23-19(13-3-2-12-6-7-27-16(12)9-13)20(25(17)24-18)14-8-15(21)11-22-10-14;1-2-8(11)10-5-3-7(9)4-6-10/h2-5,8-11H,6-7H2,1H3;2,7H,1,3-6,9H2. The Labute approximate surface area is 219 Å². The molecule has 1 fully saturated rings. The van der Waals surface area contributed by atoms with E-state index < -0.39 is 5.82 Å². The number of aromatic nitrogens is 4. The maximum Gasteiger partial charge on any atom is 0.245 e. The van der Waals surface area contributed by atoms with Crippen molar-refractivity contribution in [2.75, 3.05) is 26.8 Å². The molecule has 5 heterocycles. The molecule has 10 heteroatoms. The Morgan fingerprint density at radius 3 is 2.74 bits per heavy atom. The van der Waals surface area contributed by atoms with Crippen LogP contribution < -0.4 is 15.2 Å². The SMILES string of the molecule is C=CC(=O)N1CCC(N)CC1.COc1ccc2nc(-c3ccc4c(c3)OCC4)c(-c3cncc(F)c3)n2n1. The lowest BCUT2D eigenvalue weighted by Crippen LogP contribution is -2.42. The van der Waals surface area contributed by atoms with Crippen molar-refractivity contribution in [3.8, 4) is 34.1 Å². The summed E-state index contributed by atoms with van der Waals surface area (Å²) in [5.41, 5.74) is 10.3. The van der Waals surface area contributed by atoms with Gasteiger partial charge in [-0.2, -0.15) is 0 Å². The molecule has 38 heavy (non-hydrogen) atoms. The van der Waals surface area contributed by atoms with Crippen LogP contribution in [0.4, 0.5) is 4.39 Å². The molecule has 4 aromatic rings. The predicted octanol–water partition coefficient (Wildman–Crippen LogP) is 3.66. The van der Waals surface area contributed by atoms with E-state index in [1.165, 1.54) is 23.9 Å². The normalized spacial score (nSPS) is 14.9. The first-order valence-corrected chi connectivity index (χ1v) is 12.4. The third-order valence-electron chi connectivity index (χ3n) is 6.64. The first-order valence-electron chi connectivity index (χ1n) is 12.4. The Morgan fingerprint density at radius 2 is 2.00 bits per heavy atom. The van der Waals surface area contributed by atoms with Gasteiger partial charge in [-0.3, -0.25) is 9.78 Å². The second-order valence-electron chi connectivity index (χ2n) is 9.13. The van der Waals surface area contributed by atoms with Crippen molar-refractivity contribution < 1.29 is 18.7 Å². The van der Waals surface area contributed by atoms with Crippen LogP contribution in [0.1, 0.15) is 18.4 Å². The summed E-state index contributed by atoms with van der Waals surface area (Å²) in [5.74, 6) is 0.901. The number of rotatable bonds is 4. The summed E-state index contributed by atoms with van der Waals surface area (Å²) in [6.45, 7) is 5.68. The highest BCUT2D eigenvalue weighted by molar-refractivity contribution is 5.87. The maximum atomic E-state index is 13.9. The van der Waals surface area contributed by atoms with Gasteiger partial charge in [0.2, 0.25) is 11.8 Å². The Bertz CT molecular complexity index is 1480. The van der Waals surface area contributed by atoms with E-state index in [2.05, 4.69) is 16.7 Å². The number of hydrogen-bond donors (Lipinski definition) is 1. The van der Waals surface area contributed by atoms with Gasteiger partial charge in [0.05, 0.1) is 25.6 Å². The van der Waals surface area contributed by atoms with Gasteiger partial charge in [0.25, 0.3) is 0 Å². The minimum absolute atomic E-state index is 0.0249. The fourth-order valence-electron chi connectivity index (χ4n) is 4.59. The van der Waals surface area contributed by atoms with Crippen molar-refractivity contribution in [1.82, 2.24) is 24.5 Å². The number of likely N-dealkylation sites (tertiary alicyclic amines) is 1. The predicted molar refractivity (Wildman–Crippen MR) is 141 cm³/mol. The number of benzene rings is 1. The third-order valence-corrected chi connectivity index (χ3v) is 6.64. The smallest absolute Gasteiger partial charge is 0.245 e. The van der Waals surface area contributed by atoms with E-state index in [1.54, 1.807) is 28.8 Å². The zero-order valence-corrected chi connectivity index (χ0v) is 21.1. The highest BCUT2D eigenvalue weighted by Crippen LogP contribution is 2.36. The second kappa shape index (κ2) is 11.0. The van der Waals surface area contributed by atoms with Crippen molar-refractivity contribution >= 4 is 11.6 Å². The molecule has 2 aliphatic heterocycles. The molecule has 0 spiro atoms. The molecule has 9 nitrogen and oxygen atoms in total. The van der Waals surface area contributed by atoms with Gasteiger partial charge in [-0.15, -0.1) is 5.10 Å². The largest absolute Gasteiger partial charge is 0.493 e. The van der Waals surface area contributed by atoms with E-state index in [1.807, 2.05) is 24.3 Å². The van der Waals surface area contributed by atoms with Gasteiger partial charge in [0.1, 0.15) is 17.3 Å². The summed E-state index contributed by atoms with van der Waals surface area (Å²) in [6, 6.07) is 11.3. The van der Waals surface area contributed by atoms with Gasteiger partial charge < -0.3 is 20.1 Å². The van der Waals surface area contributed by atoms with Gasteiger partial charge in [0, 0.05) is 48.9 Å². The average Bonchev–Trinajstić information content (AvgIpc) is 3.57. The number of pyridine rings is 1. The molecule has 3 aromatic heterocycles. The van der Waals surface area contributed by atoms with Crippen LogP contribution in [0.2, 0.25) is 0 Å². The number of ether oxygens (including phenoxy) is 2. The van der Waals surface area contributed by atoms with Gasteiger partial charge in [-0.25, -0.2) is 13.9 Å². The van der Waals surface area contributed by atoms with Crippen LogP contribution in [0.15, 0.2) is 61.4 Å². The van der Waals surface area contributed by atoms with Crippen molar-refractivity contribution in [3.63, 3.8) is 0 Å². The Balaban J connectivity index is 0.000000226. The number of imidazole rings is 1. The fraction of sp³-hybridized carbons (Fsp3) is 0.286. The van der Waals surface area contributed by atoms with E-state index in [0.717, 1.165) is 43.7 Å². The summed E-state index contributed by atoms with van der Waals surface area (Å²) in [7, 11) is 1.55. The van der Waals surface area contributed by atoms with Gasteiger partial charge in [-0.1, -0.05) is 18.7 Å². The van der Waals surface area contributed by atoms with E-state index in [9.17, 15) is 9.18 Å². The summed E-state index contributed by atoms with van der Waals surface area (Å²) in [6.07, 6.45) is 6.86. The molecule has 1 aromatic carbocycles. The number of methoxy groups -OCH3 is 1. The summed E-state index contributed by atoms with van der Waals surface area (Å²) < 4.78 is 26.4. The molecule has 2 N–H and O–H groups in total. The average molecular weight is 517 g/mol. The first-order chi connectivity index (χ1) is 18.5. The Hall–Kier alpha value is -4.31. The number of amides is 1. The fourth-order valence-corrected chi connectivity index (χ4v) is 4.59. The van der Waals surface area contributed by atoms with Crippen LogP contribution in [0.25, 0.3) is 28.2 Å². The molecule has 196 valence electrons. The number of halogens is 1. The molecule has 1 saturated heterocycles. The third kappa shape index (κ3) is 5.21. The summed E-state index contributed by atoms with van der Waals surface area (Å²) >= 11 is 0. The van der Waals surface area contributed by atoms with E-state index >= 15 is 0 Å². The molecule has 0 radical (unpaired) electrons. The minimum Gasteiger partial charge on any atom is -0.493 e. The van der Waals surface area contributed by atoms with Crippen LogP contribution in [0.3, 0.4) is 0 Å². The Morgan fingerprint density at radius 1 is 1.18 bits per heavy atom. The maximum absolute atomic E-state index is 13.9. The number of fused-ring (bicyclic) bond motifs is 2. The van der Waals surface area contributed by atoms with Gasteiger partial charge in [-0.05, 0) is 42.7 Å². The molecular formula is C28H29FN6O3. The van der Waals surface area contributed by atoms with Gasteiger partial charge in [0.15, 0.2) is 5.65 Å². The van der Waals surface area contributed by atoms with Crippen LogP contribution >= 0.6 is 0 Å². The highest BCUT2D eigenvalue weighted by atomic mass is 19.1. The lowest BCUT2D eigenvalue weighted by molar-refractivity contribution is -0.126. The quantitative estimate of drug-likeness (QED) is 0.413. The zero-order valence-electron chi connectivity index (χ0n) is 21.1. The zero-order chi connectivity index (χ0) is 26.6. The van der Waals surface area contributed by atoms with Crippen molar-refractivity contribution in [1.29, 1.82) is 0 Å². The summed E-state index contributed by atoms with van der Waals surface area (Å²) in [4.78, 5) is 21.5. The van der Waals surface area contributed by atoms with Crippen molar-refractivity contribution in [2.45, 2.75) is 25.3 Å². The van der Waals surface area contributed by atoms with Gasteiger partial charge >= 0.3 is 0 Å². The first kappa shape index (κ1) is 25.3. The van der Waals surface area contributed by atoms with Crippen LogP contribution in [0.5, 0.6) is 11.6 Å². The molecular weight excluding hydrogens is 487 g/mol. The van der Waals surface area contributed by atoms with E-state index in [0.29, 0.717) is 35.1 Å². The number of carbonyl (C=O) groups is 1. The molecule has 6 rings (SSSR count). The molecule has 0 atom stereocenters. The summed E-state index contributed by atoms with van der Waals surface area (Å²) in [5, 5.41) is 4.47. The number of carbonyl (C=O) groups excluding carboxylic acids is 1. The van der Waals surface area contributed by atoms with Crippen molar-refractivity contribution in [3.05, 3.63) is 72.8 Å². The minimum atomic E-state index is -0.423. The number of hydrogen-bond acceptors (Lipinski definition) is 7. The lowest BCUT2D eigenvalue weighted by atomic mass is 10.0. The molecule has 2 aliphatic rings. The number of nitrogens with zero attached hydrogens (tertiary/aromatic N) is 5. The van der Waals surface area contributed by atoms with Crippen LogP contribution in [-0.2, 0) is 11.2 Å². The molecule has 0 unspecified atom stereocenters. The van der Waals surface area contributed by atoms with Crippen molar-refractivity contribution in [2.24, 2.45) is 5.73 Å². The molecule has 0 saturated carbocycles. The number of nitrogens with two attached hydrogens (primary N) is 1. The monoisotopic (exact) mass is 516 g/mol. The number of piperidine rings is 1. The highest BCUT2D eigenvalue weighted by Gasteiger charge is 2.21. The molecule has 0 aliphatic carbocycles. The molecule has 1 amide bonds. The molecule has 0 bridgehead atoms.